The van der Waals surface area contributed by atoms with Crippen molar-refractivity contribution < 1.29 is 9.90 Å². The average molecular weight is 242 g/mol. The van der Waals surface area contributed by atoms with E-state index in [-0.39, 0.29) is 18.6 Å². The van der Waals surface area contributed by atoms with Gasteiger partial charge in [-0.15, -0.1) is 11.3 Å². The maximum absolute atomic E-state index is 12.2. The van der Waals surface area contributed by atoms with E-state index in [1.807, 2.05) is 27.7 Å². The molecule has 1 aromatic rings. The predicted octanol–water partition coefficient (Wildman–Crippen LogP) is 1.60. The first kappa shape index (κ1) is 13.1. The standard InChI is InChI=1S/C11H18N2O2S/c1-7(2)13(5-6-14)11(15)10-8(3)12-9(4)16-10/h7,14H,5-6H2,1-4H3. The highest BCUT2D eigenvalue weighted by molar-refractivity contribution is 7.13. The highest BCUT2D eigenvalue weighted by Gasteiger charge is 2.22. The Labute approximate surface area is 99.9 Å². The first-order chi connectivity index (χ1) is 7.47. The molecule has 0 aromatic carbocycles. The molecule has 1 rings (SSSR count). The number of hydrogen-bond donors (Lipinski definition) is 1. The van der Waals surface area contributed by atoms with Gasteiger partial charge in [0.1, 0.15) is 4.88 Å². The summed E-state index contributed by atoms with van der Waals surface area (Å²) in [5.74, 6) is -0.0350. The molecule has 0 radical (unpaired) electrons. The van der Waals surface area contributed by atoms with Crippen molar-refractivity contribution >= 4 is 17.2 Å². The molecule has 0 bridgehead atoms. The monoisotopic (exact) mass is 242 g/mol. The number of aromatic nitrogens is 1. The van der Waals surface area contributed by atoms with Crippen molar-refractivity contribution in [2.75, 3.05) is 13.2 Å². The van der Waals surface area contributed by atoms with Crippen molar-refractivity contribution in [1.29, 1.82) is 0 Å². The molecule has 4 nitrogen and oxygen atoms in total. The maximum Gasteiger partial charge on any atom is 0.266 e. The van der Waals surface area contributed by atoms with Gasteiger partial charge in [0.2, 0.25) is 0 Å². The van der Waals surface area contributed by atoms with E-state index in [1.54, 1.807) is 4.90 Å². The van der Waals surface area contributed by atoms with E-state index >= 15 is 0 Å². The number of aliphatic hydroxyl groups excluding tert-OH is 1. The normalized spacial score (nSPS) is 10.9. The molecule has 0 fully saturated rings. The second-order valence-corrected chi connectivity index (χ2v) is 5.17. The maximum atomic E-state index is 12.2. The van der Waals surface area contributed by atoms with Gasteiger partial charge in [-0.3, -0.25) is 4.79 Å². The van der Waals surface area contributed by atoms with Crippen LogP contribution in [0.5, 0.6) is 0 Å². The smallest absolute Gasteiger partial charge is 0.266 e. The average Bonchev–Trinajstić information content (AvgIpc) is 2.53. The van der Waals surface area contributed by atoms with Crippen molar-refractivity contribution in [1.82, 2.24) is 9.88 Å². The Morgan fingerprint density at radius 2 is 2.12 bits per heavy atom. The van der Waals surface area contributed by atoms with Crippen molar-refractivity contribution in [3.8, 4) is 0 Å². The fourth-order valence-corrected chi connectivity index (χ4v) is 2.44. The van der Waals surface area contributed by atoms with Gasteiger partial charge in [0.25, 0.3) is 5.91 Å². The summed E-state index contributed by atoms with van der Waals surface area (Å²) in [6, 6.07) is 0.0847. The van der Waals surface area contributed by atoms with Crippen molar-refractivity contribution in [3.05, 3.63) is 15.6 Å². The predicted molar refractivity (Wildman–Crippen MR) is 64.8 cm³/mol. The van der Waals surface area contributed by atoms with Gasteiger partial charge < -0.3 is 10.0 Å². The Kier molecular flexibility index (Phi) is 4.44. The number of aliphatic hydroxyl groups is 1. The summed E-state index contributed by atoms with van der Waals surface area (Å²) in [6.07, 6.45) is 0. The number of aryl methyl sites for hydroxylation is 2. The van der Waals surface area contributed by atoms with Crippen molar-refractivity contribution in [3.63, 3.8) is 0 Å². The Morgan fingerprint density at radius 3 is 2.50 bits per heavy atom. The summed E-state index contributed by atoms with van der Waals surface area (Å²) >= 11 is 1.41. The molecule has 0 spiro atoms. The molecule has 0 saturated heterocycles. The minimum absolute atomic E-state index is 0.0131. The topological polar surface area (TPSA) is 53.4 Å². The van der Waals surface area contributed by atoms with E-state index in [9.17, 15) is 4.79 Å². The minimum Gasteiger partial charge on any atom is -0.395 e. The quantitative estimate of drug-likeness (QED) is 0.872. The second kappa shape index (κ2) is 5.41. The first-order valence-corrected chi connectivity index (χ1v) is 6.15. The number of amides is 1. The molecule has 1 N–H and O–H groups in total. The van der Waals surface area contributed by atoms with E-state index in [4.69, 9.17) is 5.11 Å². The SMILES string of the molecule is Cc1nc(C)c(C(=O)N(CCO)C(C)C)s1. The fourth-order valence-electron chi connectivity index (χ4n) is 1.56. The number of thiazole rings is 1. The van der Waals surface area contributed by atoms with Crippen LogP contribution in [0.3, 0.4) is 0 Å². The lowest BCUT2D eigenvalue weighted by Gasteiger charge is -2.25. The lowest BCUT2D eigenvalue weighted by Crippen LogP contribution is -2.38. The summed E-state index contributed by atoms with van der Waals surface area (Å²) in [4.78, 5) is 18.8. The summed E-state index contributed by atoms with van der Waals surface area (Å²) in [5, 5.41) is 9.85. The number of carbonyl (C=O) groups is 1. The van der Waals surface area contributed by atoms with Crippen LogP contribution in [0.2, 0.25) is 0 Å². The number of carbonyl (C=O) groups excluding carboxylic acids is 1. The number of rotatable bonds is 4. The molecular weight excluding hydrogens is 224 g/mol. The van der Waals surface area contributed by atoms with Gasteiger partial charge in [0, 0.05) is 12.6 Å². The molecule has 0 aliphatic carbocycles. The van der Waals surface area contributed by atoms with Crippen LogP contribution in [0, 0.1) is 13.8 Å². The Morgan fingerprint density at radius 1 is 1.50 bits per heavy atom. The van der Waals surface area contributed by atoms with Gasteiger partial charge in [0.15, 0.2) is 0 Å². The third-order valence-electron chi connectivity index (χ3n) is 2.32. The molecule has 90 valence electrons. The van der Waals surface area contributed by atoms with Gasteiger partial charge in [-0.05, 0) is 27.7 Å². The molecule has 1 aromatic heterocycles. The summed E-state index contributed by atoms with van der Waals surface area (Å²) in [7, 11) is 0. The molecule has 5 heteroatoms. The molecule has 0 atom stereocenters. The summed E-state index contributed by atoms with van der Waals surface area (Å²) in [6.45, 7) is 7.97. The summed E-state index contributed by atoms with van der Waals surface area (Å²) in [5.41, 5.74) is 0.774. The van der Waals surface area contributed by atoms with Crippen LogP contribution in [0.15, 0.2) is 0 Å². The molecule has 0 aliphatic heterocycles. The molecule has 16 heavy (non-hydrogen) atoms. The van der Waals surface area contributed by atoms with Gasteiger partial charge in [-0.25, -0.2) is 4.98 Å². The van der Waals surface area contributed by atoms with Crippen LogP contribution in [-0.2, 0) is 0 Å². The zero-order valence-electron chi connectivity index (χ0n) is 10.1. The van der Waals surface area contributed by atoms with E-state index in [0.717, 1.165) is 10.7 Å². The Hall–Kier alpha value is -0.940. The third kappa shape index (κ3) is 2.80. The van der Waals surface area contributed by atoms with Gasteiger partial charge in [0.05, 0.1) is 17.3 Å². The summed E-state index contributed by atoms with van der Waals surface area (Å²) < 4.78 is 0. The van der Waals surface area contributed by atoms with Crippen LogP contribution < -0.4 is 0 Å². The fraction of sp³-hybridized carbons (Fsp3) is 0.636. The first-order valence-electron chi connectivity index (χ1n) is 5.33. The van der Waals surface area contributed by atoms with Crippen molar-refractivity contribution in [2.45, 2.75) is 33.7 Å². The van der Waals surface area contributed by atoms with Gasteiger partial charge >= 0.3 is 0 Å². The Balaban J connectivity index is 2.94. The van der Waals surface area contributed by atoms with E-state index in [0.29, 0.717) is 11.4 Å². The van der Waals surface area contributed by atoms with E-state index in [1.165, 1.54) is 11.3 Å². The van der Waals surface area contributed by atoms with E-state index in [2.05, 4.69) is 4.98 Å². The zero-order valence-corrected chi connectivity index (χ0v) is 11.0. The molecule has 0 saturated carbocycles. The van der Waals surface area contributed by atoms with Crippen LogP contribution in [0.25, 0.3) is 0 Å². The van der Waals surface area contributed by atoms with Crippen LogP contribution >= 0.6 is 11.3 Å². The van der Waals surface area contributed by atoms with Crippen LogP contribution in [-0.4, -0.2) is 40.1 Å². The third-order valence-corrected chi connectivity index (χ3v) is 3.38. The minimum atomic E-state index is -0.0350. The molecule has 0 aliphatic rings. The van der Waals surface area contributed by atoms with Crippen LogP contribution in [0.4, 0.5) is 0 Å². The molecule has 1 amide bonds. The van der Waals surface area contributed by atoms with Gasteiger partial charge in [-0.2, -0.15) is 0 Å². The molecular formula is C11H18N2O2S. The highest BCUT2D eigenvalue weighted by atomic mass is 32.1. The lowest BCUT2D eigenvalue weighted by atomic mass is 10.2. The van der Waals surface area contributed by atoms with Crippen molar-refractivity contribution in [2.24, 2.45) is 0 Å². The largest absolute Gasteiger partial charge is 0.395 e. The second-order valence-electron chi connectivity index (χ2n) is 3.96. The molecule has 1 heterocycles. The van der Waals surface area contributed by atoms with Gasteiger partial charge in [-0.1, -0.05) is 0 Å². The highest BCUT2D eigenvalue weighted by Crippen LogP contribution is 2.20. The molecule has 0 unspecified atom stereocenters. The van der Waals surface area contributed by atoms with Crippen LogP contribution in [0.1, 0.15) is 34.2 Å². The number of hydrogen-bond acceptors (Lipinski definition) is 4. The zero-order chi connectivity index (χ0) is 12.3. The lowest BCUT2D eigenvalue weighted by molar-refractivity contribution is 0.0669. The van der Waals surface area contributed by atoms with E-state index < -0.39 is 0 Å². The Bertz CT molecular complexity index is 374. The number of nitrogens with zero attached hydrogens (tertiary/aromatic N) is 2.